The minimum absolute atomic E-state index is 0.333. The highest BCUT2D eigenvalue weighted by molar-refractivity contribution is 14.1. The van der Waals surface area contributed by atoms with E-state index in [2.05, 4.69) is 52.9 Å². The number of hydrogen-bond acceptors (Lipinski definition) is 12. The van der Waals surface area contributed by atoms with Crippen molar-refractivity contribution in [3.05, 3.63) is 57.2 Å². The number of esters is 1. The first-order chi connectivity index (χ1) is 19.6. The van der Waals surface area contributed by atoms with Crippen molar-refractivity contribution in [1.29, 1.82) is 0 Å². The molecule has 13 heteroatoms. The van der Waals surface area contributed by atoms with Crippen LogP contribution in [0.2, 0.25) is 0 Å². The Balaban J connectivity index is 1.32. The van der Waals surface area contributed by atoms with Crippen molar-refractivity contribution in [2.24, 2.45) is 5.10 Å². The third-order valence-electron chi connectivity index (χ3n) is 6.14. The summed E-state index contributed by atoms with van der Waals surface area (Å²) in [5.41, 5.74) is 4.17. The van der Waals surface area contributed by atoms with Gasteiger partial charge in [-0.05, 0) is 65.4 Å². The zero-order valence-corrected chi connectivity index (χ0v) is 24.2. The molecule has 0 aliphatic carbocycles. The van der Waals surface area contributed by atoms with Crippen molar-refractivity contribution in [2.45, 2.75) is 6.92 Å². The minimum atomic E-state index is -0.448. The summed E-state index contributed by atoms with van der Waals surface area (Å²) >= 11 is 2.11. The van der Waals surface area contributed by atoms with Crippen LogP contribution in [0.4, 0.5) is 17.8 Å². The molecule has 2 aromatic carbocycles. The molecule has 1 N–H and O–H groups in total. The molecule has 210 valence electrons. The van der Waals surface area contributed by atoms with E-state index >= 15 is 0 Å². The second-order valence-corrected chi connectivity index (χ2v) is 10.00. The van der Waals surface area contributed by atoms with E-state index < -0.39 is 5.97 Å². The molecule has 2 saturated heterocycles. The Hall–Kier alpha value is -3.56. The number of carbonyl (C=O) groups excluding carboxylic acids is 1. The predicted octanol–water partition coefficient (Wildman–Crippen LogP) is 3.21. The molecule has 0 radical (unpaired) electrons. The number of hydrogen-bond donors (Lipinski definition) is 1. The number of carbonyl (C=O) groups is 1. The summed E-state index contributed by atoms with van der Waals surface area (Å²) in [6.07, 6.45) is 1.63. The number of ether oxygens (including phenoxy) is 4. The Bertz CT molecular complexity index is 1310. The molecule has 0 saturated carbocycles. The van der Waals surface area contributed by atoms with Crippen LogP contribution in [0.15, 0.2) is 47.6 Å². The summed E-state index contributed by atoms with van der Waals surface area (Å²) in [4.78, 5) is 30.8. The third kappa shape index (κ3) is 7.14. The lowest BCUT2D eigenvalue weighted by Gasteiger charge is -2.30. The van der Waals surface area contributed by atoms with Gasteiger partial charge in [0.2, 0.25) is 17.8 Å². The fourth-order valence-corrected chi connectivity index (χ4v) is 4.72. The second kappa shape index (κ2) is 13.7. The molecule has 0 spiro atoms. The van der Waals surface area contributed by atoms with Gasteiger partial charge in [0.05, 0.1) is 44.8 Å². The standard InChI is InChI=1S/C27H30IN7O5/c1-2-39-23-17-19(7-8-22(23)40-24(36)20-5-3-4-6-21(20)28)18-29-33-25-30-26(34-9-13-37-14-10-34)32-27(31-25)35-11-15-38-16-12-35/h3-8,17-18H,2,9-16H2,1H3,(H,30,31,32,33)/b29-18+. The lowest BCUT2D eigenvalue weighted by atomic mass is 10.2. The molecule has 2 fully saturated rings. The molecule has 40 heavy (non-hydrogen) atoms. The van der Waals surface area contributed by atoms with E-state index in [4.69, 9.17) is 23.9 Å². The van der Waals surface area contributed by atoms with Crippen molar-refractivity contribution < 1.29 is 23.7 Å². The number of nitrogens with one attached hydrogen (secondary N) is 1. The Labute approximate surface area is 245 Å². The van der Waals surface area contributed by atoms with E-state index in [1.54, 1.807) is 36.5 Å². The monoisotopic (exact) mass is 659 g/mol. The van der Waals surface area contributed by atoms with Gasteiger partial charge in [-0.2, -0.15) is 20.1 Å². The van der Waals surface area contributed by atoms with Gasteiger partial charge in [0, 0.05) is 29.7 Å². The maximum Gasteiger partial charge on any atom is 0.344 e. The molecule has 12 nitrogen and oxygen atoms in total. The van der Waals surface area contributed by atoms with E-state index in [1.165, 1.54) is 0 Å². The largest absolute Gasteiger partial charge is 0.490 e. The van der Waals surface area contributed by atoms with Gasteiger partial charge in [-0.1, -0.05) is 12.1 Å². The summed E-state index contributed by atoms with van der Waals surface area (Å²) < 4.78 is 23.2. The maximum atomic E-state index is 12.7. The van der Waals surface area contributed by atoms with Crippen LogP contribution in [0.5, 0.6) is 11.5 Å². The van der Waals surface area contributed by atoms with Gasteiger partial charge in [0.15, 0.2) is 11.5 Å². The van der Waals surface area contributed by atoms with E-state index in [-0.39, 0.29) is 0 Å². The van der Waals surface area contributed by atoms with Gasteiger partial charge in [-0.3, -0.25) is 0 Å². The minimum Gasteiger partial charge on any atom is -0.490 e. The zero-order valence-electron chi connectivity index (χ0n) is 22.1. The highest BCUT2D eigenvalue weighted by Gasteiger charge is 2.21. The molecule has 0 bridgehead atoms. The highest BCUT2D eigenvalue weighted by Crippen LogP contribution is 2.29. The summed E-state index contributed by atoms with van der Waals surface area (Å²) in [7, 11) is 0. The lowest BCUT2D eigenvalue weighted by Crippen LogP contribution is -2.40. The van der Waals surface area contributed by atoms with Crippen LogP contribution < -0.4 is 24.7 Å². The number of morpholine rings is 2. The molecule has 2 aliphatic heterocycles. The smallest absolute Gasteiger partial charge is 0.344 e. The molecule has 0 amide bonds. The van der Waals surface area contributed by atoms with Gasteiger partial charge in [0.25, 0.3) is 0 Å². The molecule has 3 aromatic rings. The lowest BCUT2D eigenvalue weighted by molar-refractivity contribution is 0.0727. The molecule has 1 aromatic heterocycles. The van der Waals surface area contributed by atoms with Gasteiger partial charge in [-0.25, -0.2) is 10.2 Å². The first-order valence-corrected chi connectivity index (χ1v) is 14.1. The molecule has 3 heterocycles. The number of aromatic nitrogens is 3. The molecule has 2 aliphatic rings. The number of halogens is 1. The fraction of sp³-hybridized carbons (Fsp3) is 0.370. The average Bonchev–Trinajstić information content (AvgIpc) is 2.99. The van der Waals surface area contributed by atoms with Crippen LogP contribution in [0, 0.1) is 3.57 Å². The summed E-state index contributed by atoms with van der Waals surface area (Å²) in [5, 5.41) is 4.36. The number of hydrazone groups is 1. The first-order valence-electron chi connectivity index (χ1n) is 13.0. The second-order valence-electron chi connectivity index (χ2n) is 8.84. The van der Waals surface area contributed by atoms with Crippen molar-refractivity contribution >= 4 is 52.6 Å². The Kier molecular flexibility index (Phi) is 9.57. The van der Waals surface area contributed by atoms with Crippen LogP contribution in [0.3, 0.4) is 0 Å². The number of rotatable bonds is 9. The summed E-state index contributed by atoms with van der Waals surface area (Å²) in [6, 6.07) is 12.5. The Morgan fingerprint density at radius 2 is 1.62 bits per heavy atom. The summed E-state index contributed by atoms with van der Waals surface area (Å²) in [6.45, 7) is 7.58. The predicted molar refractivity (Wildman–Crippen MR) is 159 cm³/mol. The quantitative estimate of drug-likeness (QED) is 0.120. The van der Waals surface area contributed by atoms with Crippen molar-refractivity contribution in [1.82, 2.24) is 15.0 Å². The van der Waals surface area contributed by atoms with E-state index in [0.717, 1.165) is 9.13 Å². The maximum absolute atomic E-state index is 12.7. The number of nitrogens with zero attached hydrogens (tertiary/aromatic N) is 6. The number of anilines is 3. The van der Waals surface area contributed by atoms with E-state index in [9.17, 15) is 4.79 Å². The van der Waals surface area contributed by atoms with Crippen LogP contribution in [-0.4, -0.2) is 86.3 Å². The number of benzene rings is 2. The molecule has 5 rings (SSSR count). The SMILES string of the molecule is CCOc1cc(/C=N/Nc2nc(N3CCOCC3)nc(N3CCOCC3)n2)ccc1OC(=O)c1ccccc1I. The van der Waals surface area contributed by atoms with Crippen molar-refractivity contribution in [2.75, 3.05) is 74.4 Å². The van der Waals surface area contributed by atoms with Crippen molar-refractivity contribution in [3.63, 3.8) is 0 Å². The van der Waals surface area contributed by atoms with E-state index in [0.29, 0.717) is 94.1 Å². The highest BCUT2D eigenvalue weighted by atomic mass is 127. The topological polar surface area (TPSA) is 124 Å². The Morgan fingerprint density at radius 1 is 0.975 bits per heavy atom. The van der Waals surface area contributed by atoms with Gasteiger partial charge in [0.1, 0.15) is 0 Å². The van der Waals surface area contributed by atoms with Crippen molar-refractivity contribution in [3.8, 4) is 11.5 Å². The molecule has 0 unspecified atom stereocenters. The fourth-order valence-electron chi connectivity index (χ4n) is 4.12. The normalized spacial score (nSPS) is 15.8. The van der Waals surface area contributed by atoms with E-state index in [1.807, 2.05) is 19.1 Å². The average molecular weight is 659 g/mol. The van der Waals surface area contributed by atoms with Gasteiger partial charge in [-0.15, -0.1) is 0 Å². The summed E-state index contributed by atoms with van der Waals surface area (Å²) in [5.74, 6) is 1.82. The molecular weight excluding hydrogens is 629 g/mol. The molecule has 0 atom stereocenters. The third-order valence-corrected chi connectivity index (χ3v) is 7.08. The van der Waals surface area contributed by atoms with Gasteiger partial charge < -0.3 is 28.7 Å². The van der Waals surface area contributed by atoms with Gasteiger partial charge >= 0.3 is 5.97 Å². The zero-order chi connectivity index (χ0) is 27.7. The first kappa shape index (κ1) is 28.0. The van der Waals surface area contributed by atoms with Crippen LogP contribution in [0.1, 0.15) is 22.8 Å². The van der Waals surface area contributed by atoms with Crippen LogP contribution in [0.25, 0.3) is 0 Å². The molecular formula is C27H30IN7O5. The van der Waals surface area contributed by atoms with Crippen LogP contribution >= 0.6 is 22.6 Å². The Morgan fingerprint density at radius 3 is 2.25 bits per heavy atom. The van der Waals surface area contributed by atoms with Crippen LogP contribution in [-0.2, 0) is 9.47 Å².